The number of fused-ring (bicyclic) bond motifs is 1. The minimum atomic E-state index is -1.16. The Balaban J connectivity index is 2.02. The highest BCUT2D eigenvalue weighted by Crippen LogP contribution is 2.45. The van der Waals surface area contributed by atoms with E-state index in [2.05, 4.69) is 5.32 Å². The van der Waals surface area contributed by atoms with Crippen molar-refractivity contribution in [2.75, 3.05) is 19.5 Å². The molecule has 1 heterocycles. The number of nitrogens with one attached hydrogen (secondary N) is 1. The number of carbonyl (C=O) groups excluding carboxylic acids is 1. The maximum atomic E-state index is 12.2. The molecule has 0 saturated carbocycles. The Hall–Kier alpha value is -2.18. The molecule has 3 rings (SSSR count). The summed E-state index contributed by atoms with van der Waals surface area (Å²) in [6, 6.07) is 12.9. The maximum absolute atomic E-state index is 12.2. The van der Waals surface area contributed by atoms with Gasteiger partial charge in [0, 0.05) is 4.90 Å². The molecule has 5 nitrogen and oxygen atoms in total. The average Bonchev–Trinajstić information content (AvgIpc) is 2.71. The predicted octanol–water partition coefficient (Wildman–Crippen LogP) is 2.85. The van der Waals surface area contributed by atoms with Gasteiger partial charge in [0.05, 0.1) is 25.2 Å². The van der Waals surface area contributed by atoms with Crippen molar-refractivity contribution in [2.24, 2.45) is 0 Å². The van der Waals surface area contributed by atoms with Crippen LogP contribution in [-0.2, 0) is 4.79 Å². The first-order chi connectivity index (χ1) is 11.1. The highest BCUT2D eigenvalue weighted by molar-refractivity contribution is 7.99. The van der Waals surface area contributed by atoms with Crippen LogP contribution in [0.3, 0.4) is 0 Å². The van der Waals surface area contributed by atoms with Crippen molar-refractivity contribution in [3.05, 3.63) is 48.0 Å². The summed E-state index contributed by atoms with van der Waals surface area (Å²) in [5.74, 6) is 0.757. The van der Waals surface area contributed by atoms with Crippen LogP contribution in [0, 0.1) is 0 Å². The molecule has 0 saturated heterocycles. The first-order valence-electron chi connectivity index (χ1n) is 7.10. The zero-order valence-electron chi connectivity index (χ0n) is 12.8. The Morgan fingerprint density at radius 3 is 2.57 bits per heavy atom. The first-order valence-corrected chi connectivity index (χ1v) is 7.98. The van der Waals surface area contributed by atoms with Crippen molar-refractivity contribution in [2.45, 2.75) is 16.2 Å². The summed E-state index contributed by atoms with van der Waals surface area (Å²) in [7, 11) is 3.12. The fraction of sp³-hybridized carbons (Fsp3) is 0.235. The largest absolute Gasteiger partial charge is 0.493 e. The summed E-state index contributed by atoms with van der Waals surface area (Å²) in [5.41, 5.74) is 1.51. The zero-order chi connectivity index (χ0) is 16.4. The number of rotatable bonds is 3. The number of hydrogen-bond donors (Lipinski definition) is 2. The molecule has 0 radical (unpaired) electrons. The second-order valence-corrected chi connectivity index (χ2v) is 6.27. The summed E-state index contributed by atoms with van der Waals surface area (Å²) < 4.78 is 10.5. The van der Waals surface area contributed by atoms with Crippen LogP contribution in [0.2, 0.25) is 0 Å². The normalized spacial score (nSPS) is 20.2. The smallest absolute Gasteiger partial charge is 0.254 e. The molecule has 0 unspecified atom stereocenters. The Morgan fingerprint density at radius 2 is 1.83 bits per heavy atom. The van der Waals surface area contributed by atoms with Crippen molar-refractivity contribution in [1.29, 1.82) is 0 Å². The van der Waals surface area contributed by atoms with Gasteiger partial charge in [0.1, 0.15) is 6.10 Å². The lowest BCUT2D eigenvalue weighted by atomic mass is 10.1. The van der Waals surface area contributed by atoms with Gasteiger partial charge < -0.3 is 19.9 Å². The van der Waals surface area contributed by atoms with E-state index in [1.54, 1.807) is 26.4 Å². The van der Waals surface area contributed by atoms with Gasteiger partial charge in [-0.25, -0.2) is 0 Å². The van der Waals surface area contributed by atoms with Crippen LogP contribution < -0.4 is 14.8 Å². The van der Waals surface area contributed by atoms with Gasteiger partial charge >= 0.3 is 0 Å². The lowest BCUT2D eigenvalue weighted by molar-refractivity contribution is -0.124. The molecule has 0 fully saturated rings. The van der Waals surface area contributed by atoms with Crippen molar-refractivity contribution < 1.29 is 19.4 Å². The summed E-state index contributed by atoms with van der Waals surface area (Å²) >= 11 is 1.45. The van der Waals surface area contributed by atoms with E-state index in [0.29, 0.717) is 17.2 Å². The average molecular weight is 331 g/mol. The molecule has 0 aliphatic carbocycles. The fourth-order valence-corrected chi connectivity index (χ4v) is 3.71. The number of aliphatic hydroxyl groups is 1. The third-order valence-electron chi connectivity index (χ3n) is 3.69. The summed E-state index contributed by atoms with van der Waals surface area (Å²) in [4.78, 5) is 13.1. The molecular weight excluding hydrogens is 314 g/mol. The minimum absolute atomic E-state index is 0.415. The van der Waals surface area contributed by atoms with E-state index >= 15 is 0 Å². The first kappa shape index (κ1) is 15.7. The van der Waals surface area contributed by atoms with Gasteiger partial charge in [0.2, 0.25) is 0 Å². The molecule has 23 heavy (non-hydrogen) atoms. The van der Waals surface area contributed by atoms with E-state index in [4.69, 9.17) is 9.47 Å². The molecule has 2 atom stereocenters. The van der Waals surface area contributed by atoms with E-state index in [0.717, 1.165) is 10.5 Å². The molecule has 2 aromatic carbocycles. The molecule has 6 heteroatoms. The number of benzene rings is 2. The van der Waals surface area contributed by atoms with E-state index in [1.165, 1.54) is 11.8 Å². The van der Waals surface area contributed by atoms with Gasteiger partial charge in [-0.05, 0) is 29.8 Å². The molecule has 0 bridgehead atoms. The fourth-order valence-electron chi connectivity index (χ4n) is 2.50. The molecular formula is C17H17NO4S. The number of anilines is 1. The zero-order valence-corrected chi connectivity index (χ0v) is 13.6. The van der Waals surface area contributed by atoms with Crippen molar-refractivity contribution in [3.63, 3.8) is 0 Å². The van der Waals surface area contributed by atoms with Crippen LogP contribution in [0.15, 0.2) is 47.4 Å². The van der Waals surface area contributed by atoms with Crippen LogP contribution in [0.25, 0.3) is 0 Å². The topological polar surface area (TPSA) is 67.8 Å². The molecule has 2 N–H and O–H groups in total. The highest BCUT2D eigenvalue weighted by Gasteiger charge is 2.33. The number of para-hydroxylation sites is 1. The third-order valence-corrected chi connectivity index (χ3v) is 5.08. The summed E-state index contributed by atoms with van der Waals surface area (Å²) in [6.07, 6.45) is -1.16. The van der Waals surface area contributed by atoms with Crippen LogP contribution in [-0.4, -0.2) is 31.3 Å². The number of ether oxygens (including phenoxy) is 2. The molecule has 0 spiro atoms. The van der Waals surface area contributed by atoms with E-state index < -0.39 is 17.3 Å². The van der Waals surface area contributed by atoms with E-state index in [9.17, 15) is 9.90 Å². The van der Waals surface area contributed by atoms with Crippen LogP contribution in [0.5, 0.6) is 11.5 Å². The number of hydrogen-bond acceptors (Lipinski definition) is 5. The second-order valence-electron chi connectivity index (χ2n) is 5.08. The Labute approximate surface area is 138 Å². The molecule has 1 aliphatic rings. The number of aliphatic hydroxyl groups excluding tert-OH is 1. The van der Waals surface area contributed by atoms with Gasteiger partial charge in [-0.1, -0.05) is 18.2 Å². The van der Waals surface area contributed by atoms with E-state index in [1.807, 2.05) is 30.3 Å². The van der Waals surface area contributed by atoms with Gasteiger partial charge in [-0.2, -0.15) is 0 Å². The molecule has 0 aromatic heterocycles. The molecule has 1 amide bonds. The number of thioether (sulfide) groups is 1. The Morgan fingerprint density at radius 1 is 1.09 bits per heavy atom. The summed E-state index contributed by atoms with van der Waals surface area (Å²) in [5, 5.41) is 12.8. The van der Waals surface area contributed by atoms with Crippen molar-refractivity contribution >= 4 is 23.4 Å². The number of methoxy groups -OCH3 is 2. The molecule has 1 aliphatic heterocycles. The molecule has 120 valence electrons. The number of amides is 1. The quantitative estimate of drug-likeness (QED) is 0.905. The van der Waals surface area contributed by atoms with Crippen LogP contribution >= 0.6 is 11.8 Å². The third kappa shape index (κ3) is 3.00. The molecule has 2 aromatic rings. The monoisotopic (exact) mass is 331 g/mol. The van der Waals surface area contributed by atoms with Gasteiger partial charge in [-0.3, -0.25) is 4.79 Å². The SMILES string of the molecule is COc1ccc([C@@H]2Sc3ccccc3NC(=O)[C@@H]2O)cc1OC. The van der Waals surface area contributed by atoms with Crippen LogP contribution in [0.1, 0.15) is 10.8 Å². The van der Waals surface area contributed by atoms with E-state index in [-0.39, 0.29) is 0 Å². The van der Waals surface area contributed by atoms with Crippen LogP contribution in [0.4, 0.5) is 5.69 Å². The lowest BCUT2D eigenvalue weighted by Crippen LogP contribution is -2.30. The lowest BCUT2D eigenvalue weighted by Gasteiger charge is -2.20. The van der Waals surface area contributed by atoms with Gasteiger partial charge in [0.25, 0.3) is 5.91 Å². The Kier molecular flexibility index (Phi) is 4.45. The predicted molar refractivity (Wildman–Crippen MR) is 89.2 cm³/mol. The van der Waals surface area contributed by atoms with Gasteiger partial charge in [-0.15, -0.1) is 11.8 Å². The van der Waals surface area contributed by atoms with Gasteiger partial charge in [0.15, 0.2) is 11.5 Å². The van der Waals surface area contributed by atoms with Crippen molar-refractivity contribution in [1.82, 2.24) is 0 Å². The second kappa shape index (κ2) is 6.52. The standard InChI is InChI=1S/C17H17NO4S/c1-21-12-8-7-10(9-13(12)22-2)16-15(19)17(20)18-11-5-3-4-6-14(11)23-16/h3-9,15-16,19H,1-2H3,(H,18,20)/t15-,16+/m1/s1. The Bertz CT molecular complexity index is 734. The number of carbonyl (C=O) groups is 1. The summed E-state index contributed by atoms with van der Waals surface area (Å²) in [6.45, 7) is 0. The minimum Gasteiger partial charge on any atom is -0.493 e. The highest BCUT2D eigenvalue weighted by atomic mass is 32.2. The van der Waals surface area contributed by atoms with Crippen molar-refractivity contribution in [3.8, 4) is 11.5 Å². The maximum Gasteiger partial charge on any atom is 0.254 e.